The lowest BCUT2D eigenvalue weighted by molar-refractivity contribution is 1.05. The van der Waals surface area contributed by atoms with Crippen molar-refractivity contribution in [1.82, 2.24) is 4.98 Å². The van der Waals surface area contributed by atoms with Gasteiger partial charge in [0.2, 0.25) is 0 Å². The Balaban J connectivity index is 2.36. The lowest BCUT2D eigenvalue weighted by Gasteiger charge is -2.09. The summed E-state index contributed by atoms with van der Waals surface area (Å²) in [5, 5.41) is 4.22. The Morgan fingerprint density at radius 1 is 1.42 bits per heavy atom. The summed E-state index contributed by atoms with van der Waals surface area (Å²) in [6.45, 7) is 6.24. The standard InChI is InChI=1S/C14H17N3S2/c1-4-11-9(3)19-14(16-11)17-12-7-8(2)5-6-10(12)13(15)18/h5-7H,4H2,1-3H3,(H2,15,18)(H,16,17). The van der Waals surface area contributed by atoms with Crippen LogP contribution in [0.25, 0.3) is 0 Å². The largest absolute Gasteiger partial charge is 0.389 e. The normalized spacial score (nSPS) is 10.5. The smallest absolute Gasteiger partial charge is 0.187 e. The Hall–Kier alpha value is -1.46. The first kappa shape index (κ1) is 14.0. The molecule has 0 saturated carbocycles. The van der Waals surface area contributed by atoms with Gasteiger partial charge in [0.05, 0.1) is 11.4 Å². The van der Waals surface area contributed by atoms with Crippen LogP contribution in [0.1, 0.15) is 28.6 Å². The third-order valence-electron chi connectivity index (χ3n) is 2.91. The number of hydrogen-bond donors (Lipinski definition) is 2. The predicted molar refractivity (Wildman–Crippen MR) is 86.6 cm³/mol. The van der Waals surface area contributed by atoms with E-state index in [1.807, 2.05) is 25.1 Å². The number of rotatable bonds is 4. The van der Waals surface area contributed by atoms with Gasteiger partial charge >= 0.3 is 0 Å². The number of hydrogen-bond acceptors (Lipinski definition) is 4. The third kappa shape index (κ3) is 3.11. The summed E-state index contributed by atoms with van der Waals surface area (Å²) in [4.78, 5) is 6.22. The Kier molecular flexibility index (Phi) is 4.17. The molecule has 0 radical (unpaired) electrons. The maximum absolute atomic E-state index is 5.75. The molecule has 2 rings (SSSR count). The van der Waals surface area contributed by atoms with Gasteiger partial charge < -0.3 is 11.1 Å². The number of nitrogens with zero attached hydrogens (tertiary/aromatic N) is 1. The second-order valence-corrected chi connectivity index (χ2v) is 6.06. The van der Waals surface area contributed by atoms with Crippen LogP contribution < -0.4 is 11.1 Å². The van der Waals surface area contributed by atoms with Crippen LogP contribution in [0.5, 0.6) is 0 Å². The first-order valence-corrected chi connectivity index (χ1v) is 7.37. The van der Waals surface area contributed by atoms with Gasteiger partial charge in [-0.3, -0.25) is 0 Å². The van der Waals surface area contributed by atoms with E-state index in [9.17, 15) is 0 Å². The maximum atomic E-state index is 5.75. The molecule has 0 amide bonds. The first-order chi connectivity index (χ1) is 9.01. The van der Waals surface area contributed by atoms with Crippen molar-refractivity contribution in [3.63, 3.8) is 0 Å². The summed E-state index contributed by atoms with van der Waals surface area (Å²) in [7, 11) is 0. The number of thiazole rings is 1. The van der Waals surface area contributed by atoms with Gasteiger partial charge in [-0.1, -0.05) is 25.2 Å². The highest BCUT2D eigenvalue weighted by molar-refractivity contribution is 7.80. The minimum absolute atomic E-state index is 0.395. The molecule has 0 aliphatic carbocycles. The Morgan fingerprint density at radius 2 is 2.16 bits per heavy atom. The van der Waals surface area contributed by atoms with E-state index in [0.29, 0.717) is 4.99 Å². The predicted octanol–water partition coefficient (Wildman–Crippen LogP) is 3.70. The van der Waals surface area contributed by atoms with Crippen LogP contribution in [0.2, 0.25) is 0 Å². The lowest BCUT2D eigenvalue weighted by Crippen LogP contribution is -2.12. The highest BCUT2D eigenvalue weighted by atomic mass is 32.1. The molecule has 100 valence electrons. The highest BCUT2D eigenvalue weighted by Gasteiger charge is 2.10. The summed E-state index contributed by atoms with van der Waals surface area (Å²) in [6, 6.07) is 5.99. The molecule has 1 aromatic heterocycles. The maximum Gasteiger partial charge on any atom is 0.187 e. The van der Waals surface area contributed by atoms with E-state index in [2.05, 4.69) is 24.1 Å². The van der Waals surface area contributed by atoms with Crippen molar-refractivity contribution >= 4 is 39.4 Å². The number of thiocarbonyl (C=S) groups is 1. The first-order valence-electron chi connectivity index (χ1n) is 6.15. The van der Waals surface area contributed by atoms with E-state index in [-0.39, 0.29) is 0 Å². The molecule has 0 atom stereocenters. The van der Waals surface area contributed by atoms with Crippen LogP contribution in [0.3, 0.4) is 0 Å². The van der Waals surface area contributed by atoms with Crippen LogP contribution in [-0.2, 0) is 6.42 Å². The van der Waals surface area contributed by atoms with E-state index in [1.54, 1.807) is 11.3 Å². The number of anilines is 2. The summed E-state index contributed by atoms with van der Waals surface area (Å²) in [5.74, 6) is 0. The van der Waals surface area contributed by atoms with E-state index in [0.717, 1.165) is 34.1 Å². The summed E-state index contributed by atoms with van der Waals surface area (Å²) >= 11 is 6.74. The fourth-order valence-electron chi connectivity index (χ4n) is 1.90. The molecular weight excluding hydrogens is 274 g/mol. The highest BCUT2D eigenvalue weighted by Crippen LogP contribution is 2.28. The third-order valence-corrected chi connectivity index (χ3v) is 4.06. The van der Waals surface area contributed by atoms with Crippen molar-refractivity contribution in [1.29, 1.82) is 0 Å². The molecule has 1 aromatic carbocycles. The molecule has 0 saturated heterocycles. The van der Waals surface area contributed by atoms with Crippen LogP contribution in [0, 0.1) is 13.8 Å². The van der Waals surface area contributed by atoms with Crippen molar-refractivity contribution < 1.29 is 0 Å². The van der Waals surface area contributed by atoms with E-state index in [1.165, 1.54) is 4.88 Å². The van der Waals surface area contributed by atoms with Crippen LogP contribution in [0.4, 0.5) is 10.8 Å². The monoisotopic (exact) mass is 291 g/mol. The van der Waals surface area contributed by atoms with Crippen LogP contribution >= 0.6 is 23.6 Å². The zero-order valence-electron chi connectivity index (χ0n) is 11.3. The Labute approximate surface area is 122 Å². The molecule has 0 unspecified atom stereocenters. The average molecular weight is 291 g/mol. The van der Waals surface area contributed by atoms with E-state index >= 15 is 0 Å². The Morgan fingerprint density at radius 3 is 2.74 bits per heavy atom. The SMILES string of the molecule is CCc1nc(Nc2cc(C)ccc2C(N)=S)sc1C. The van der Waals surface area contributed by atoms with Crippen LogP contribution in [-0.4, -0.2) is 9.97 Å². The minimum Gasteiger partial charge on any atom is -0.389 e. The fourth-order valence-corrected chi connectivity index (χ4v) is 2.99. The van der Waals surface area contributed by atoms with Crippen LogP contribution in [0.15, 0.2) is 18.2 Å². The average Bonchev–Trinajstić information content (AvgIpc) is 2.69. The molecule has 19 heavy (non-hydrogen) atoms. The quantitative estimate of drug-likeness (QED) is 0.843. The zero-order valence-corrected chi connectivity index (χ0v) is 12.9. The second-order valence-electron chi connectivity index (χ2n) is 4.41. The molecule has 3 nitrogen and oxygen atoms in total. The van der Waals surface area contributed by atoms with Gasteiger partial charge in [0.15, 0.2) is 5.13 Å². The molecule has 0 bridgehead atoms. The van der Waals surface area contributed by atoms with Gasteiger partial charge in [-0.25, -0.2) is 4.98 Å². The van der Waals surface area contributed by atoms with Gasteiger partial charge in [0.1, 0.15) is 4.99 Å². The molecule has 0 fully saturated rings. The number of nitrogens with two attached hydrogens (primary N) is 1. The van der Waals surface area contributed by atoms with Crippen molar-refractivity contribution in [2.45, 2.75) is 27.2 Å². The summed E-state index contributed by atoms with van der Waals surface area (Å²) < 4.78 is 0. The molecule has 0 aliphatic rings. The van der Waals surface area contributed by atoms with Crippen molar-refractivity contribution in [2.75, 3.05) is 5.32 Å². The van der Waals surface area contributed by atoms with Crippen molar-refractivity contribution in [3.8, 4) is 0 Å². The second kappa shape index (κ2) is 5.67. The molecule has 1 heterocycles. The summed E-state index contributed by atoms with van der Waals surface area (Å²) in [5.41, 5.74) is 9.82. The van der Waals surface area contributed by atoms with Crippen molar-refractivity contribution in [2.24, 2.45) is 5.73 Å². The number of aromatic nitrogens is 1. The topological polar surface area (TPSA) is 50.9 Å². The number of nitrogens with one attached hydrogen (secondary N) is 1. The number of aryl methyl sites for hydroxylation is 3. The fraction of sp³-hybridized carbons (Fsp3) is 0.286. The molecular formula is C14H17N3S2. The Bertz CT molecular complexity index is 617. The lowest BCUT2D eigenvalue weighted by atomic mass is 10.1. The molecule has 5 heteroatoms. The zero-order chi connectivity index (χ0) is 14.0. The molecule has 2 aromatic rings. The summed E-state index contributed by atoms with van der Waals surface area (Å²) in [6.07, 6.45) is 0.944. The molecule has 0 spiro atoms. The van der Waals surface area contributed by atoms with Gasteiger partial charge in [-0.2, -0.15) is 0 Å². The van der Waals surface area contributed by atoms with E-state index < -0.39 is 0 Å². The van der Waals surface area contributed by atoms with E-state index in [4.69, 9.17) is 18.0 Å². The molecule has 3 N–H and O–H groups in total. The van der Waals surface area contributed by atoms with Gasteiger partial charge in [-0.05, 0) is 38.0 Å². The van der Waals surface area contributed by atoms with Gasteiger partial charge in [-0.15, -0.1) is 11.3 Å². The van der Waals surface area contributed by atoms with Crippen molar-refractivity contribution in [3.05, 3.63) is 39.9 Å². The minimum atomic E-state index is 0.395. The van der Waals surface area contributed by atoms with Gasteiger partial charge in [0.25, 0.3) is 0 Å². The van der Waals surface area contributed by atoms with Gasteiger partial charge in [0, 0.05) is 10.4 Å². The molecule has 0 aliphatic heterocycles. The number of benzene rings is 1.